The van der Waals surface area contributed by atoms with E-state index < -0.39 is 42.9 Å². The summed E-state index contributed by atoms with van der Waals surface area (Å²) in [7, 11) is -7.03. The number of fused-ring (bicyclic) bond motifs is 2. The summed E-state index contributed by atoms with van der Waals surface area (Å²) in [5.41, 5.74) is -1.50. The third kappa shape index (κ3) is 3.77. The summed E-state index contributed by atoms with van der Waals surface area (Å²) < 4.78 is 61.6. The molecule has 2 bridgehead atoms. The van der Waals surface area contributed by atoms with Crippen LogP contribution >= 0.6 is 0 Å². The van der Waals surface area contributed by atoms with Gasteiger partial charge in [0, 0.05) is 13.0 Å². The van der Waals surface area contributed by atoms with Crippen LogP contribution in [0, 0.1) is 16.7 Å². The summed E-state index contributed by atoms with van der Waals surface area (Å²) in [6.45, 7) is 4.03. The Morgan fingerprint density at radius 2 is 1.88 bits per heavy atom. The van der Waals surface area contributed by atoms with E-state index in [2.05, 4.69) is 4.72 Å². The molecule has 0 amide bonds. The third-order valence-corrected chi connectivity index (χ3v) is 11.4. The smallest absolute Gasteiger partial charge is 0.324 e. The van der Waals surface area contributed by atoms with Crippen LogP contribution in [0.25, 0.3) is 0 Å². The highest BCUT2D eigenvalue weighted by Crippen LogP contribution is 2.64. The summed E-state index contributed by atoms with van der Waals surface area (Å²) in [6.07, 6.45) is 2.54. The number of sulfonamides is 2. The molecule has 3 fully saturated rings. The second-order valence-corrected chi connectivity index (χ2v) is 13.4. The van der Waals surface area contributed by atoms with Crippen molar-refractivity contribution in [2.24, 2.45) is 16.7 Å². The number of hydrogen-bond donors (Lipinski definition) is 1. The quantitative estimate of drug-likeness (QED) is 0.571. The fourth-order valence-corrected chi connectivity index (χ4v) is 9.71. The molecular formula is C22H30N2O7S2. The summed E-state index contributed by atoms with van der Waals surface area (Å²) in [6, 6.07) is 4.78. The Morgan fingerprint density at radius 1 is 1.18 bits per heavy atom. The molecule has 2 aliphatic carbocycles. The van der Waals surface area contributed by atoms with Crippen LogP contribution in [0.1, 0.15) is 46.0 Å². The number of benzene rings is 1. The number of carbonyl (C=O) groups is 2. The van der Waals surface area contributed by atoms with Crippen LogP contribution in [0.4, 0.5) is 5.69 Å². The number of methoxy groups -OCH3 is 1. The van der Waals surface area contributed by atoms with Gasteiger partial charge in [-0.25, -0.2) is 16.8 Å². The first-order valence-electron chi connectivity index (χ1n) is 11.1. The number of nitrogens with one attached hydrogen (secondary N) is 1. The second-order valence-electron chi connectivity index (χ2n) is 9.82. The lowest BCUT2D eigenvalue weighted by molar-refractivity contribution is -0.144. The number of hydrogen-bond acceptors (Lipinski definition) is 7. The second kappa shape index (κ2) is 8.06. The van der Waals surface area contributed by atoms with Gasteiger partial charge in [0.2, 0.25) is 20.0 Å². The molecule has 3 aliphatic rings. The van der Waals surface area contributed by atoms with E-state index in [1.807, 2.05) is 13.8 Å². The van der Waals surface area contributed by atoms with Gasteiger partial charge >= 0.3 is 5.97 Å². The Bertz CT molecular complexity index is 1190. The Kier molecular flexibility index (Phi) is 5.90. The van der Waals surface area contributed by atoms with Gasteiger partial charge in [0.05, 0.1) is 24.0 Å². The van der Waals surface area contributed by atoms with Crippen LogP contribution in [0.2, 0.25) is 0 Å². The Labute approximate surface area is 195 Å². The first-order chi connectivity index (χ1) is 15.4. The largest absolute Gasteiger partial charge is 0.468 e. The topological polar surface area (TPSA) is 127 Å². The van der Waals surface area contributed by atoms with Gasteiger partial charge in [-0.05, 0) is 49.1 Å². The lowest BCUT2D eigenvalue weighted by Crippen LogP contribution is -2.44. The van der Waals surface area contributed by atoms with E-state index in [0.717, 1.165) is 10.7 Å². The number of Topliss-reactive ketones (excluding diaryl/α,β-unsaturated/α-hetero) is 1. The highest BCUT2D eigenvalue weighted by atomic mass is 32.2. The van der Waals surface area contributed by atoms with E-state index in [1.54, 1.807) is 0 Å². The third-order valence-electron chi connectivity index (χ3n) is 7.99. The minimum Gasteiger partial charge on any atom is -0.468 e. The van der Waals surface area contributed by atoms with Crippen molar-refractivity contribution < 1.29 is 31.2 Å². The van der Waals surface area contributed by atoms with E-state index in [-0.39, 0.29) is 34.6 Å². The molecule has 9 nitrogen and oxygen atoms in total. The molecule has 1 heterocycles. The van der Waals surface area contributed by atoms with Crippen LogP contribution in [-0.4, -0.2) is 58.3 Å². The van der Waals surface area contributed by atoms with Gasteiger partial charge in [0.1, 0.15) is 16.7 Å². The summed E-state index contributed by atoms with van der Waals surface area (Å²) >= 11 is 0. The molecule has 0 radical (unpaired) electrons. The molecule has 0 aromatic heterocycles. The van der Waals surface area contributed by atoms with E-state index in [0.29, 0.717) is 25.7 Å². The zero-order valence-corrected chi connectivity index (χ0v) is 20.7. The first kappa shape index (κ1) is 24.2. The monoisotopic (exact) mass is 498 g/mol. The van der Waals surface area contributed by atoms with Crippen molar-refractivity contribution in [1.82, 2.24) is 4.31 Å². The molecule has 0 spiro atoms. The molecule has 2 saturated carbocycles. The Hall–Kier alpha value is -1.98. The van der Waals surface area contributed by atoms with Crippen molar-refractivity contribution in [2.45, 2.75) is 56.9 Å². The van der Waals surface area contributed by atoms with Crippen LogP contribution in [0.3, 0.4) is 0 Å². The molecule has 11 heteroatoms. The van der Waals surface area contributed by atoms with Gasteiger partial charge in [-0.3, -0.25) is 14.3 Å². The molecule has 4 rings (SSSR count). The Morgan fingerprint density at radius 3 is 2.48 bits per heavy atom. The molecular weight excluding hydrogens is 468 g/mol. The van der Waals surface area contributed by atoms with Crippen molar-refractivity contribution in [3.63, 3.8) is 0 Å². The fraction of sp³-hybridized carbons (Fsp3) is 0.636. The van der Waals surface area contributed by atoms with Gasteiger partial charge < -0.3 is 4.74 Å². The lowest BCUT2D eigenvalue weighted by Gasteiger charge is -2.36. The fourth-order valence-electron chi connectivity index (χ4n) is 5.94. The highest BCUT2D eigenvalue weighted by Gasteiger charge is 2.65. The number of ether oxygens (including phenoxy) is 1. The van der Waals surface area contributed by atoms with Crippen LogP contribution in [-0.2, 0) is 34.4 Å². The minimum absolute atomic E-state index is 0.0342. The summed E-state index contributed by atoms with van der Waals surface area (Å²) in [5.74, 6) is -0.900. The maximum absolute atomic E-state index is 13.4. The maximum atomic E-state index is 13.4. The SMILES string of the molecule is COC(=O)[C@H]1CCCN1S(=O)(=O)c1ccccc1NS(=O)(=O)C[C@]12CC[C@@H](CC1=O)C2(C)C. The molecule has 3 atom stereocenters. The van der Waals surface area contributed by atoms with Gasteiger partial charge in [-0.1, -0.05) is 26.0 Å². The van der Waals surface area contributed by atoms with Crippen molar-refractivity contribution in [3.05, 3.63) is 24.3 Å². The minimum atomic E-state index is -4.18. The Balaban J connectivity index is 1.65. The number of esters is 1. The highest BCUT2D eigenvalue weighted by molar-refractivity contribution is 7.93. The van der Waals surface area contributed by atoms with Gasteiger partial charge in [-0.15, -0.1) is 0 Å². The average Bonchev–Trinajstić information content (AvgIpc) is 3.37. The van der Waals surface area contributed by atoms with E-state index >= 15 is 0 Å². The molecule has 1 aliphatic heterocycles. The van der Waals surface area contributed by atoms with Crippen LogP contribution in [0.15, 0.2) is 29.2 Å². The number of nitrogens with zero attached hydrogens (tertiary/aromatic N) is 1. The summed E-state index contributed by atoms with van der Waals surface area (Å²) in [5, 5.41) is 0. The number of rotatable bonds is 7. The van der Waals surface area contributed by atoms with E-state index in [4.69, 9.17) is 4.74 Å². The van der Waals surface area contributed by atoms with Crippen molar-refractivity contribution >= 4 is 37.5 Å². The molecule has 1 aromatic rings. The first-order valence-corrected chi connectivity index (χ1v) is 14.2. The number of ketones is 1. The molecule has 33 heavy (non-hydrogen) atoms. The molecule has 182 valence electrons. The number of para-hydroxylation sites is 1. The van der Waals surface area contributed by atoms with Crippen LogP contribution < -0.4 is 4.72 Å². The molecule has 1 N–H and O–H groups in total. The average molecular weight is 499 g/mol. The zero-order chi connectivity index (χ0) is 24.2. The number of anilines is 1. The number of carbonyl (C=O) groups excluding carboxylic acids is 2. The van der Waals surface area contributed by atoms with Crippen LogP contribution in [0.5, 0.6) is 0 Å². The normalized spacial score (nSPS) is 29.4. The van der Waals surface area contributed by atoms with Crippen molar-refractivity contribution in [3.8, 4) is 0 Å². The standard InChI is InChI=1S/C22H30N2O7S2/c1-21(2)15-10-11-22(21,19(25)13-15)14-32(27,28)23-16-7-4-5-9-18(16)33(29,30)24-12-6-8-17(24)20(26)31-3/h4-5,7,9,15,17,23H,6,8,10-14H2,1-3H3/t15-,17+,22+/m0/s1. The molecule has 1 saturated heterocycles. The predicted molar refractivity (Wildman–Crippen MR) is 121 cm³/mol. The lowest BCUT2D eigenvalue weighted by atomic mass is 9.70. The maximum Gasteiger partial charge on any atom is 0.324 e. The van der Waals surface area contributed by atoms with Gasteiger partial charge in [0.25, 0.3) is 0 Å². The van der Waals surface area contributed by atoms with Crippen molar-refractivity contribution in [1.29, 1.82) is 0 Å². The van der Waals surface area contributed by atoms with E-state index in [1.165, 1.54) is 31.4 Å². The molecule has 0 unspecified atom stereocenters. The predicted octanol–water partition coefficient (Wildman–Crippen LogP) is 2.15. The van der Waals surface area contributed by atoms with Gasteiger partial charge in [0.15, 0.2) is 0 Å². The zero-order valence-electron chi connectivity index (χ0n) is 19.0. The summed E-state index contributed by atoms with van der Waals surface area (Å²) in [4.78, 5) is 24.7. The van der Waals surface area contributed by atoms with E-state index in [9.17, 15) is 26.4 Å². The van der Waals surface area contributed by atoms with Gasteiger partial charge in [-0.2, -0.15) is 4.31 Å². The molecule has 1 aromatic carbocycles. The van der Waals surface area contributed by atoms with Crippen molar-refractivity contribution in [2.75, 3.05) is 24.1 Å².